The van der Waals surface area contributed by atoms with Crippen LogP contribution < -0.4 is 5.32 Å². The van der Waals surface area contributed by atoms with Gasteiger partial charge in [0.1, 0.15) is 6.04 Å². The molecule has 16 heteroatoms. The summed E-state index contributed by atoms with van der Waals surface area (Å²) in [5.74, 6) is -3.86. The van der Waals surface area contributed by atoms with Gasteiger partial charge in [-0.05, 0) is 134 Å². The highest BCUT2D eigenvalue weighted by Gasteiger charge is 2.54. The molecule has 6 aliphatic heterocycles. The Balaban J connectivity index is 0.000000174. The molecule has 0 aromatic rings. The first kappa shape index (κ1) is 42.3. The number of carboxylic acid groups (broad SMARTS) is 1. The van der Waals surface area contributed by atoms with Crippen LogP contribution in [0.1, 0.15) is 97.3 Å². The number of amides is 3. The highest BCUT2D eigenvalue weighted by atomic mass is 19.3. The molecule has 2 N–H and O–H groups in total. The topological polar surface area (TPSA) is 138 Å². The smallest absolute Gasteiger partial charge is 0.409 e. The maximum absolute atomic E-state index is 13.8. The normalized spacial score (nSPS) is 35.2. The molecule has 2 saturated carbocycles. The number of nitrogens with one attached hydrogen (secondary N) is 1. The van der Waals surface area contributed by atoms with Gasteiger partial charge < -0.3 is 39.5 Å². The molecule has 322 valence electrons. The summed E-state index contributed by atoms with van der Waals surface area (Å²) in [6.45, 7) is 12.3. The van der Waals surface area contributed by atoms with E-state index in [4.69, 9.17) is 9.47 Å². The van der Waals surface area contributed by atoms with Crippen LogP contribution in [0, 0.1) is 10.8 Å². The molecule has 0 radical (unpaired) electrons. The molecule has 0 bridgehead atoms. The van der Waals surface area contributed by atoms with E-state index in [2.05, 4.69) is 20.0 Å². The number of hydrogen-bond donors (Lipinski definition) is 2. The molecule has 3 amide bonds. The third-order valence-electron chi connectivity index (χ3n) is 15.0. The standard InChI is InChI=1S/C21H36N4O3.C20H31F2N3O4/c1-3-28-20(27)24-12-8-21(15-24)13-17(14-21)23-10-6-16(7-11-23)25-9-4-5-18(25)19(26)22-2;1-2-29-18(28)24-8-5-19(12-24)9-15(10-19)23-6-3-14(4-7-23)25-13-20(21,22)11-16(25)17(26)27/h16-18H,3-15H2,1-2H3,(H,22,26);14-16H,2-13H2,1H3,(H,26,27)/t17?,18-,21?;15?,16-,19?/m01/s1. The quantitative estimate of drug-likeness (QED) is 0.369. The summed E-state index contributed by atoms with van der Waals surface area (Å²) in [7, 11) is 1.75. The van der Waals surface area contributed by atoms with E-state index in [-0.39, 0.29) is 35.6 Å². The van der Waals surface area contributed by atoms with E-state index in [1.807, 2.05) is 23.6 Å². The molecule has 57 heavy (non-hydrogen) atoms. The average Bonchev–Trinajstić information content (AvgIpc) is 3.99. The van der Waals surface area contributed by atoms with Gasteiger partial charge >= 0.3 is 18.2 Å². The number of hydrogen-bond acceptors (Lipinski definition) is 10. The van der Waals surface area contributed by atoms with Gasteiger partial charge in [-0.15, -0.1) is 0 Å². The van der Waals surface area contributed by atoms with Crippen molar-refractivity contribution in [1.82, 2.24) is 34.7 Å². The fourth-order valence-electron chi connectivity index (χ4n) is 12.0. The van der Waals surface area contributed by atoms with Crippen LogP contribution in [0.3, 0.4) is 0 Å². The fourth-order valence-corrected chi connectivity index (χ4v) is 12.0. The summed E-state index contributed by atoms with van der Waals surface area (Å²) in [4.78, 5) is 60.3. The van der Waals surface area contributed by atoms with Crippen LogP contribution in [0.5, 0.6) is 0 Å². The molecule has 0 unspecified atom stereocenters. The second-order valence-electron chi connectivity index (χ2n) is 18.5. The zero-order valence-electron chi connectivity index (χ0n) is 34.5. The zero-order valence-corrected chi connectivity index (χ0v) is 34.5. The van der Waals surface area contributed by atoms with Gasteiger partial charge in [0.25, 0.3) is 5.92 Å². The minimum atomic E-state index is -2.91. The Bertz CT molecular complexity index is 1450. The molecule has 8 aliphatic rings. The van der Waals surface area contributed by atoms with Gasteiger partial charge in [-0.25, -0.2) is 18.4 Å². The van der Waals surface area contributed by atoms with Gasteiger partial charge in [-0.2, -0.15) is 0 Å². The maximum Gasteiger partial charge on any atom is 0.409 e. The number of rotatable bonds is 8. The van der Waals surface area contributed by atoms with Crippen molar-refractivity contribution in [2.45, 2.75) is 139 Å². The number of aliphatic carboxylic acids is 1. The molecule has 2 atom stereocenters. The van der Waals surface area contributed by atoms with E-state index >= 15 is 0 Å². The molecule has 6 saturated heterocycles. The lowest BCUT2D eigenvalue weighted by molar-refractivity contribution is -0.143. The van der Waals surface area contributed by atoms with E-state index in [1.165, 1.54) is 30.6 Å². The lowest BCUT2D eigenvalue weighted by Crippen LogP contribution is -2.57. The van der Waals surface area contributed by atoms with Crippen LogP contribution in [-0.2, 0) is 19.1 Å². The summed E-state index contributed by atoms with van der Waals surface area (Å²) in [5.41, 5.74) is 0.549. The maximum atomic E-state index is 13.8. The Morgan fingerprint density at radius 3 is 1.54 bits per heavy atom. The number of likely N-dealkylation sites (N-methyl/N-ethyl adjacent to an activating group) is 1. The number of carboxylic acids is 1. The van der Waals surface area contributed by atoms with Crippen LogP contribution >= 0.6 is 0 Å². The van der Waals surface area contributed by atoms with Crippen LogP contribution in [0.15, 0.2) is 0 Å². The summed E-state index contributed by atoms with van der Waals surface area (Å²) in [5, 5.41) is 12.2. The first-order chi connectivity index (χ1) is 27.3. The summed E-state index contributed by atoms with van der Waals surface area (Å²) in [6.07, 6.45) is 11.7. The highest BCUT2D eigenvalue weighted by Crippen LogP contribution is 2.52. The molecular weight excluding hydrogens is 740 g/mol. The van der Waals surface area contributed by atoms with E-state index in [0.717, 1.165) is 110 Å². The number of ether oxygens (including phenoxy) is 2. The van der Waals surface area contributed by atoms with Gasteiger partial charge in [0.15, 0.2) is 0 Å². The summed E-state index contributed by atoms with van der Waals surface area (Å²) >= 11 is 0. The average molecular weight is 808 g/mol. The third-order valence-corrected chi connectivity index (χ3v) is 15.0. The number of carbonyl (C=O) groups is 4. The zero-order chi connectivity index (χ0) is 40.5. The Morgan fingerprint density at radius 1 is 0.632 bits per heavy atom. The molecular formula is C41H67F2N7O7. The van der Waals surface area contributed by atoms with Crippen molar-refractivity contribution in [3.63, 3.8) is 0 Å². The predicted molar refractivity (Wildman–Crippen MR) is 208 cm³/mol. The van der Waals surface area contributed by atoms with E-state index in [0.29, 0.717) is 36.8 Å². The summed E-state index contributed by atoms with van der Waals surface area (Å²) < 4.78 is 37.8. The number of piperidine rings is 2. The molecule has 14 nitrogen and oxygen atoms in total. The van der Waals surface area contributed by atoms with Crippen molar-refractivity contribution in [1.29, 1.82) is 0 Å². The Labute approximate surface area is 336 Å². The SMILES string of the molecule is CCOC(=O)N1CCC2(CC(N3CCC(N4CC(F)(F)C[C@@H]4C(=O)O)CC3)C2)C1.CCOC(=O)N1CCC2(CC(N3CCC(N4CCC[C@H]4C(=O)NC)CC3)C2)C1. The first-order valence-corrected chi connectivity index (χ1v) is 21.9. The molecule has 6 heterocycles. The lowest BCUT2D eigenvalue weighted by Gasteiger charge is -2.52. The number of alkyl halides is 2. The van der Waals surface area contributed by atoms with Crippen molar-refractivity contribution < 1.29 is 42.5 Å². The van der Waals surface area contributed by atoms with E-state index < -0.39 is 30.9 Å². The van der Waals surface area contributed by atoms with Crippen molar-refractivity contribution in [3.05, 3.63) is 0 Å². The van der Waals surface area contributed by atoms with E-state index in [1.54, 1.807) is 7.05 Å². The molecule has 0 aromatic heterocycles. The van der Waals surface area contributed by atoms with Crippen molar-refractivity contribution in [3.8, 4) is 0 Å². The van der Waals surface area contributed by atoms with Gasteiger partial charge in [0, 0.05) is 63.8 Å². The first-order valence-electron chi connectivity index (χ1n) is 21.9. The van der Waals surface area contributed by atoms with Gasteiger partial charge in [0.2, 0.25) is 5.91 Å². The van der Waals surface area contributed by atoms with Crippen LogP contribution in [0.2, 0.25) is 0 Å². The second kappa shape index (κ2) is 17.4. The Hall–Kier alpha value is -2.82. The Morgan fingerprint density at radius 2 is 1.11 bits per heavy atom. The number of halogens is 2. The predicted octanol–water partition coefficient (Wildman–Crippen LogP) is 3.93. The van der Waals surface area contributed by atoms with Crippen LogP contribution in [-0.4, -0.2) is 186 Å². The third kappa shape index (κ3) is 9.18. The van der Waals surface area contributed by atoms with Crippen LogP contribution in [0.25, 0.3) is 0 Å². The van der Waals surface area contributed by atoms with Crippen molar-refractivity contribution in [2.24, 2.45) is 10.8 Å². The highest BCUT2D eigenvalue weighted by molar-refractivity contribution is 5.81. The van der Waals surface area contributed by atoms with E-state index in [9.17, 15) is 33.1 Å². The minimum absolute atomic E-state index is 0.0828. The molecule has 2 aliphatic carbocycles. The number of likely N-dealkylation sites (tertiary alicyclic amines) is 6. The van der Waals surface area contributed by atoms with Crippen molar-refractivity contribution in [2.75, 3.05) is 85.7 Å². The summed E-state index contributed by atoms with van der Waals surface area (Å²) in [6, 6.07) is 0.646. The molecule has 8 fully saturated rings. The molecule has 0 aromatic carbocycles. The molecule has 8 rings (SSSR count). The monoisotopic (exact) mass is 808 g/mol. The van der Waals surface area contributed by atoms with Crippen molar-refractivity contribution >= 4 is 24.1 Å². The number of carbonyl (C=O) groups excluding carboxylic acids is 3. The van der Waals surface area contributed by atoms with Gasteiger partial charge in [-0.3, -0.25) is 19.4 Å². The molecule has 2 spiro atoms. The second-order valence-corrected chi connectivity index (χ2v) is 18.5. The van der Waals surface area contributed by atoms with Crippen LogP contribution in [0.4, 0.5) is 18.4 Å². The Kier molecular flexibility index (Phi) is 12.9. The largest absolute Gasteiger partial charge is 0.480 e. The van der Waals surface area contributed by atoms with Gasteiger partial charge in [-0.1, -0.05) is 0 Å². The fraction of sp³-hybridized carbons (Fsp3) is 0.902. The van der Waals surface area contributed by atoms with Gasteiger partial charge in [0.05, 0.1) is 25.8 Å². The minimum Gasteiger partial charge on any atom is -0.480 e. The lowest BCUT2D eigenvalue weighted by atomic mass is 9.64. The number of nitrogens with zero attached hydrogens (tertiary/aromatic N) is 6.